The van der Waals surface area contributed by atoms with Crippen LogP contribution in [0.4, 0.5) is 0 Å². The van der Waals surface area contributed by atoms with Gasteiger partial charge in [0.05, 0.1) is 0 Å². The van der Waals surface area contributed by atoms with Crippen molar-refractivity contribution < 1.29 is 19.4 Å². The van der Waals surface area contributed by atoms with E-state index in [-0.39, 0.29) is 16.6 Å². The lowest BCUT2D eigenvalue weighted by Crippen LogP contribution is -2.60. The van der Waals surface area contributed by atoms with E-state index in [2.05, 4.69) is 36.8 Å². The van der Waals surface area contributed by atoms with Gasteiger partial charge in [-0.05, 0) is 49.4 Å². The minimum Gasteiger partial charge on any atom is -0.509 e. The number of nitrogens with zero attached hydrogens (tertiary/aromatic N) is 2. The molecular formula is C30H38N2O4S. The zero-order valence-electron chi connectivity index (χ0n) is 22.1. The van der Waals surface area contributed by atoms with E-state index in [1.54, 1.807) is 0 Å². The highest BCUT2D eigenvalue weighted by atomic mass is 32.2. The maximum absolute atomic E-state index is 13.7. The molecule has 0 aromatic heterocycles. The van der Waals surface area contributed by atoms with Gasteiger partial charge < -0.3 is 19.5 Å². The lowest BCUT2D eigenvalue weighted by Gasteiger charge is -2.49. The largest absolute Gasteiger partial charge is 0.509 e. The predicted octanol–water partition coefficient (Wildman–Crippen LogP) is 5.50. The van der Waals surface area contributed by atoms with Crippen LogP contribution >= 0.6 is 11.8 Å². The number of unbranched alkanes of at least 4 members (excludes halogenated alkanes) is 2. The van der Waals surface area contributed by atoms with Crippen LogP contribution in [0.15, 0.2) is 70.2 Å². The number of cyclic esters (lactones) is 1. The summed E-state index contributed by atoms with van der Waals surface area (Å²) < 4.78 is 6.47. The number of piperazine rings is 1. The molecule has 0 amide bonds. The van der Waals surface area contributed by atoms with Crippen LogP contribution in [0.25, 0.3) is 0 Å². The van der Waals surface area contributed by atoms with Crippen molar-refractivity contribution in [3.05, 3.63) is 76.4 Å². The van der Waals surface area contributed by atoms with Crippen molar-refractivity contribution in [2.45, 2.75) is 62.0 Å². The van der Waals surface area contributed by atoms with Crippen LogP contribution in [0.1, 0.15) is 56.6 Å². The van der Waals surface area contributed by atoms with Crippen molar-refractivity contribution in [1.82, 2.24) is 9.80 Å². The molecule has 2 heterocycles. The second kappa shape index (κ2) is 12.3. The van der Waals surface area contributed by atoms with E-state index >= 15 is 0 Å². The fourth-order valence-corrected chi connectivity index (χ4v) is 6.53. The molecule has 2 atom stereocenters. The molecule has 2 aromatic carbocycles. The Morgan fingerprint density at radius 2 is 1.73 bits per heavy atom. The summed E-state index contributed by atoms with van der Waals surface area (Å²) in [5, 5.41) is 12.0. The number of benzene rings is 2. The second-order valence-corrected chi connectivity index (χ2v) is 11.4. The van der Waals surface area contributed by atoms with Crippen LogP contribution in [0, 0.1) is 0 Å². The Kier molecular flexibility index (Phi) is 9.11. The molecule has 198 valence electrons. The van der Waals surface area contributed by atoms with E-state index in [9.17, 15) is 14.7 Å². The first-order valence-electron chi connectivity index (χ1n) is 13.2. The number of aliphatic hydroxyl groups is 1. The number of carbonyl (C=O) groups excluding carboxylic acids is 2. The molecule has 4 rings (SSSR count). The maximum Gasteiger partial charge on any atom is 0.349 e. The standard InChI is InChI=1S/C30H38N2O4S/c1-22(2)24-14-8-9-15-25(24)37-27-26(34)28(32-19-17-31(3)18-20-32)30(36-29(27)35,16-10-5-11-21-33)23-12-6-4-7-13-23/h4,6-9,12-15,21-22,28,34H,5,10-11,16-20H2,1-3H3. The Hall–Kier alpha value is -2.61. The number of esters is 1. The molecule has 0 aliphatic carbocycles. The zero-order chi connectivity index (χ0) is 26.4. The molecule has 0 radical (unpaired) electrons. The highest BCUT2D eigenvalue weighted by Gasteiger charge is 2.54. The molecule has 1 saturated heterocycles. The molecule has 7 heteroatoms. The summed E-state index contributed by atoms with van der Waals surface area (Å²) in [6.07, 6.45) is 3.33. The fraction of sp³-hybridized carbons (Fsp3) is 0.467. The van der Waals surface area contributed by atoms with E-state index in [1.165, 1.54) is 11.8 Å². The Morgan fingerprint density at radius 1 is 1.05 bits per heavy atom. The average molecular weight is 523 g/mol. The number of ether oxygens (including phenoxy) is 1. The third-order valence-corrected chi connectivity index (χ3v) is 8.60. The Labute approximate surface area is 224 Å². The Morgan fingerprint density at radius 3 is 2.41 bits per heavy atom. The van der Waals surface area contributed by atoms with Crippen LogP contribution in [0.3, 0.4) is 0 Å². The zero-order valence-corrected chi connectivity index (χ0v) is 22.9. The van der Waals surface area contributed by atoms with Gasteiger partial charge in [0.2, 0.25) is 0 Å². The number of thioether (sulfide) groups is 1. The molecule has 0 saturated carbocycles. The normalized spacial score (nSPS) is 23.4. The lowest BCUT2D eigenvalue weighted by molar-refractivity contribution is -0.172. The van der Waals surface area contributed by atoms with Gasteiger partial charge in [-0.25, -0.2) is 4.79 Å². The minimum absolute atomic E-state index is 0.0867. The third kappa shape index (κ3) is 5.95. The van der Waals surface area contributed by atoms with Crippen LogP contribution in [0.5, 0.6) is 0 Å². The van der Waals surface area contributed by atoms with Gasteiger partial charge in [-0.3, -0.25) is 4.90 Å². The molecule has 2 aliphatic heterocycles. The van der Waals surface area contributed by atoms with Crippen molar-refractivity contribution in [2.75, 3.05) is 33.2 Å². The van der Waals surface area contributed by atoms with Gasteiger partial charge in [0.25, 0.3) is 0 Å². The van der Waals surface area contributed by atoms with Gasteiger partial charge in [0, 0.05) is 37.5 Å². The first kappa shape index (κ1) is 27.4. The lowest BCUT2D eigenvalue weighted by atomic mass is 9.78. The number of likely N-dealkylation sites (N-methyl/N-ethyl adjacent to an activating group) is 1. The quantitative estimate of drug-likeness (QED) is 0.251. The Bertz CT molecular complexity index is 1110. The van der Waals surface area contributed by atoms with Crippen molar-refractivity contribution in [3.8, 4) is 0 Å². The van der Waals surface area contributed by atoms with E-state index < -0.39 is 17.6 Å². The molecule has 2 aliphatic rings. The highest BCUT2D eigenvalue weighted by molar-refractivity contribution is 8.04. The second-order valence-electron chi connectivity index (χ2n) is 10.3. The van der Waals surface area contributed by atoms with Gasteiger partial charge in [-0.2, -0.15) is 0 Å². The third-order valence-electron chi connectivity index (χ3n) is 7.43. The summed E-state index contributed by atoms with van der Waals surface area (Å²) in [4.78, 5) is 30.5. The first-order chi connectivity index (χ1) is 17.9. The molecule has 0 spiro atoms. The summed E-state index contributed by atoms with van der Waals surface area (Å²) in [5.41, 5.74) is 0.963. The van der Waals surface area contributed by atoms with Crippen LogP contribution in [-0.4, -0.2) is 66.4 Å². The van der Waals surface area contributed by atoms with Crippen LogP contribution in [0.2, 0.25) is 0 Å². The van der Waals surface area contributed by atoms with E-state index in [1.807, 2.05) is 48.5 Å². The van der Waals surface area contributed by atoms with Crippen molar-refractivity contribution in [3.63, 3.8) is 0 Å². The number of aldehydes is 1. The van der Waals surface area contributed by atoms with Crippen molar-refractivity contribution >= 4 is 24.0 Å². The number of rotatable bonds is 10. The molecule has 6 nitrogen and oxygen atoms in total. The summed E-state index contributed by atoms with van der Waals surface area (Å²) >= 11 is 1.30. The Balaban J connectivity index is 1.82. The first-order valence-corrected chi connectivity index (χ1v) is 14.0. The summed E-state index contributed by atoms with van der Waals surface area (Å²) in [6, 6.07) is 17.3. The van der Waals surface area contributed by atoms with Gasteiger partial charge in [0.15, 0.2) is 5.60 Å². The molecule has 37 heavy (non-hydrogen) atoms. The summed E-state index contributed by atoms with van der Waals surface area (Å²) in [6.45, 7) is 7.50. The summed E-state index contributed by atoms with van der Waals surface area (Å²) in [5.74, 6) is -0.130. The fourth-order valence-electron chi connectivity index (χ4n) is 5.40. The molecule has 2 unspecified atom stereocenters. The minimum atomic E-state index is -1.04. The monoisotopic (exact) mass is 522 g/mol. The van der Waals surface area contributed by atoms with Gasteiger partial charge in [-0.1, -0.05) is 74.1 Å². The van der Waals surface area contributed by atoms with E-state index in [0.29, 0.717) is 25.7 Å². The predicted molar refractivity (Wildman–Crippen MR) is 148 cm³/mol. The molecule has 1 N–H and O–H groups in total. The van der Waals surface area contributed by atoms with Gasteiger partial charge in [0.1, 0.15) is 23.0 Å². The molecule has 0 bridgehead atoms. The molecular weight excluding hydrogens is 484 g/mol. The molecule has 1 fully saturated rings. The summed E-state index contributed by atoms with van der Waals surface area (Å²) in [7, 11) is 2.10. The van der Waals surface area contributed by atoms with Crippen LogP contribution < -0.4 is 0 Å². The van der Waals surface area contributed by atoms with Crippen molar-refractivity contribution in [1.29, 1.82) is 0 Å². The van der Waals surface area contributed by atoms with E-state index in [0.717, 1.165) is 48.5 Å². The topological polar surface area (TPSA) is 70.1 Å². The smallest absolute Gasteiger partial charge is 0.349 e. The number of hydrogen-bond donors (Lipinski definition) is 1. The van der Waals surface area contributed by atoms with Crippen molar-refractivity contribution in [2.24, 2.45) is 0 Å². The SMILES string of the molecule is CC(C)c1ccccc1SC1=C(O)C(N2CCN(C)CC2)C(CCCCC=O)(c2ccccc2)OC1=O. The van der Waals surface area contributed by atoms with Gasteiger partial charge in [-0.15, -0.1) is 0 Å². The number of aliphatic hydroxyl groups excluding tert-OH is 1. The number of carbonyl (C=O) groups is 2. The van der Waals surface area contributed by atoms with Crippen LogP contribution in [-0.2, 0) is 19.9 Å². The van der Waals surface area contributed by atoms with Gasteiger partial charge >= 0.3 is 5.97 Å². The molecule has 2 aromatic rings. The van der Waals surface area contributed by atoms with E-state index in [4.69, 9.17) is 4.74 Å². The highest BCUT2D eigenvalue weighted by Crippen LogP contribution is 2.48. The number of hydrogen-bond acceptors (Lipinski definition) is 7. The maximum atomic E-state index is 13.7. The average Bonchev–Trinajstić information content (AvgIpc) is 2.90.